The number of benzene rings is 1. The van der Waals surface area contributed by atoms with Crippen LogP contribution in [0.25, 0.3) is 0 Å². The Balaban J connectivity index is 2.51. The van der Waals surface area contributed by atoms with Crippen molar-refractivity contribution >= 4 is 17.3 Å². The van der Waals surface area contributed by atoms with Gasteiger partial charge in [-0.3, -0.25) is 9.69 Å². The minimum Gasteiger partial charge on any atom is -0.398 e. The molecule has 5 nitrogen and oxygen atoms in total. The number of amides is 1. The van der Waals surface area contributed by atoms with Gasteiger partial charge in [-0.2, -0.15) is 5.26 Å². The molecular formula is C14H20N4O. The van der Waals surface area contributed by atoms with Gasteiger partial charge in [-0.05, 0) is 38.6 Å². The molecule has 0 saturated heterocycles. The fraction of sp³-hybridized carbons (Fsp3) is 0.429. The molecule has 102 valence electrons. The average Bonchev–Trinajstić information content (AvgIpc) is 2.33. The Morgan fingerprint density at radius 3 is 2.84 bits per heavy atom. The van der Waals surface area contributed by atoms with E-state index >= 15 is 0 Å². The first-order chi connectivity index (χ1) is 8.92. The van der Waals surface area contributed by atoms with Gasteiger partial charge in [-0.1, -0.05) is 6.07 Å². The van der Waals surface area contributed by atoms with E-state index in [0.717, 1.165) is 5.56 Å². The average molecular weight is 260 g/mol. The highest BCUT2D eigenvalue weighted by molar-refractivity contribution is 5.92. The molecule has 0 spiro atoms. The normalized spacial score (nSPS) is 11.9. The van der Waals surface area contributed by atoms with E-state index in [1.165, 1.54) is 0 Å². The SMILES string of the molecule is Cc1ccc(NC(=O)CN(C)CC(C)C#N)cc1N. The number of nitrogens with one attached hydrogen (secondary N) is 1. The molecule has 19 heavy (non-hydrogen) atoms. The van der Waals surface area contributed by atoms with Gasteiger partial charge < -0.3 is 11.1 Å². The van der Waals surface area contributed by atoms with Crippen molar-refractivity contribution in [2.45, 2.75) is 13.8 Å². The molecule has 0 radical (unpaired) electrons. The van der Waals surface area contributed by atoms with Crippen LogP contribution in [0.3, 0.4) is 0 Å². The molecule has 1 unspecified atom stereocenters. The largest absolute Gasteiger partial charge is 0.398 e. The summed E-state index contributed by atoms with van der Waals surface area (Å²) in [6.45, 7) is 4.56. The highest BCUT2D eigenvalue weighted by atomic mass is 16.2. The third-order valence-electron chi connectivity index (χ3n) is 2.78. The summed E-state index contributed by atoms with van der Waals surface area (Å²) in [4.78, 5) is 13.6. The number of aryl methyl sites for hydroxylation is 1. The summed E-state index contributed by atoms with van der Waals surface area (Å²) in [5, 5.41) is 11.5. The lowest BCUT2D eigenvalue weighted by atomic mass is 10.2. The zero-order valence-electron chi connectivity index (χ0n) is 11.6. The molecule has 1 amide bonds. The third-order valence-corrected chi connectivity index (χ3v) is 2.78. The number of nitrogen functional groups attached to an aromatic ring is 1. The maximum absolute atomic E-state index is 11.8. The van der Waals surface area contributed by atoms with Gasteiger partial charge in [0.1, 0.15) is 0 Å². The summed E-state index contributed by atoms with van der Waals surface area (Å²) in [7, 11) is 1.82. The zero-order chi connectivity index (χ0) is 14.4. The van der Waals surface area contributed by atoms with Crippen LogP contribution in [-0.4, -0.2) is 30.9 Å². The number of carbonyl (C=O) groups is 1. The van der Waals surface area contributed by atoms with Gasteiger partial charge in [0.05, 0.1) is 18.5 Å². The second-order valence-electron chi connectivity index (χ2n) is 4.85. The molecule has 1 aromatic carbocycles. The van der Waals surface area contributed by atoms with Crippen molar-refractivity contribution in [2.24, 2.45) is 5.92 Å². The predicted octanol–water partition coefficient (Wildman–Crippen LogP) is 1.61. The molecule has 0 aliphatic rings. The van der Waals surface area contributed by atoms with E-state index < -0.39 is 0 Å². The first-order valence-electron chi connectivity index (χ1n) is 6.16. The van der Waals surface area contributed by atoms with Crippen LogP contribution < -0.4 is 11.1 Å². The molecule has 1 rings (SSSR count). The van der Waals surface area contributed by atoms with Crippen LogP contribution >= 0.6 is 0 Å². The second kappa shape index (κ2) is 6.76. The van der Waals surface area contributed by atoms with Gasteiger partial charge in [0.25, 0.3) is 0 Å². The van der Waals surface area contributed by atoms with E-state index in [4.69, 9.17) is 11.0 Å². The molecule has 0 bridgehead atoms. The fourth-order valence-electron chi connectivity index (χ4n) is 1.74. The van der Waals surface area contributed by atoms with Gasteiger partial charge >= 0.3 is 0 Å². The van der Waals surface area contributed by atoms with Gasteiger partial charge in [0.2, 0.25) is 5.91 Å². The summed E-state index contributed by atoms with van der Waals surface area (Å²) in [5.74, 6) is -0.205. The Kier molecular flexibility index (Phi) is 5.34. The van der Waals surface area contributed by atoms with E-state index in [9.17, 15) is 4.79 Å². The lowest BCUT2D eigenvalue weighted by Gasteiger charge is -2.17. The number of hydrogen-bond acceptors (Lipinski definition) is 4. The number of rotatable bonds is 5. The van der Waals surface area contributed by atoms with Crippen LogP contribution in [0.1, 0.15) is 12.5 Å². The highest BCUT2D eigenvalue weighted by Gasteiger charge is 2.10. The molecule has 0 fully saturated rings. The smallest absolute Gasteiger partial charge is 0.238 e. The summed E-state index contributed by atoms with van der Waals surface area (Å²) in [6, 6.07) is 7.57. The lowest BCUT2D eigenvalue weighted by molar-refractivity contribution is -0.117. The molecule has 1 aromatic rings. The molecule has 3 N–H and O–H groups in total. The van der Waals surface area contributed by atoms with Crippen molar-refractivity contribution in [1.29, 1.82) is 5.26 Å². The second-order valence-corrected chi connectivity index (χ2v) is 4.85. The van der Waals surface area contributed by atoms with Gasteiger partial charge in [0.15, 0.2) is 0 Å². The maximum Gasteiger partial charge on any atom is 0.238 e. The van der Waals surface area contributed by atoms with Gasteiger partial charge in [-0.15, -0.1) is 0 Å². The minimum atomic E-state index is -0.115. The van der Waals surface area contributed by atoms with Crippen LogP contribution in [0.15, 0.2) is 18.2 Å². The zero-order valence-corrected chi connectivity index (χ0v) is 11.6. The molecule has 5 heteroatoms. The Labute approximate surface area is 114 Å². The number of anilines is 2. The number of nitrogens with zero attached hydrogens (tertiary/aromatic N) is 2. The standard InChI is InChI=1S/C14H20N4O/c1-10(7-15)8-18(3)9-14(19)17-12-5-4-11(2)13(16)6-12/h4-6,10H,8-9,16H2,1-3H3,(H,17,19). The van der Waals surface area contributed by atoms with Crippen LogP contribution in [0, 0.1) is 24.2 Å². The van der Waals surface area contributed by atoms with Crippen molar-refractivity contribution in [3.05, 3.63) is 23.8 Å². The quantitative estimate of drug-likeness (QED) is 0.788. The highest BCUT2D eigenvalue weighted by Crippen LogP contribution is 2.16. The predicted molar refractivity (Wildman–Crippen MR) is 76.5 cm³/mol. The van der Waals surface area contributed by atoms with E-state index in [-0.39, 0.29) is 18.4 Å². The fourth-order valence-corrected chi connectivity index (χ4v) is 1.74. The molecule has 0 saturated carbocycles. The Morgan fingerprint density at radius 1 is 1.58 bits per heavy atom. The van der Waals surface area contributed by atoms with Gasteiger partial charge in [0, 0.05) is 17.9 Å². The Bertz CT molecular complexity index is 493. The first-order valence-corrected chi connectivity index (χ1v) is 6.16. The van der Waals surface area contributed by atoms with Crippen molar-refractivity contribution in [3.8, 4) is 6.07 Å². The summed E-state index contributed by atoms with van der Waals surface area (Å²) in [6.07, 6.45) is 0. The Hall–Kier alpha value is -2.06. The first kappa shape index (κ1) is 15.0. The lowest BCUT2D eigenvalue weighted by Crippen LogP contribution is -2.32. The monoisotopic (exact) mass is 260 g/mol. The van der Waals surface area contributed by atoms with Crippen LogP contribution in [0.4, 0.5) is 11.4 Å². The van der Waals surface area contributed by atoms with E-state index in [1.54, 1.807) is 6.07 Å². The molecule has 0 heterocycles. The molecule has 0 aliphatic carbocycles. The number of nitriles is 1. The van der Waals surface area contributed by atoms with Crippen molar-refractivity contribution < 1.29 is 4.79 Å². The topological polar surface area (TPSA) is 82.2 Å². The molecular weight excluding hydrogens is 240 g/mol. The third kappa shape index (κ3) is 4.98. The molecule has 0 aliphatic heterocycles. The van der Waals surface area contributed by atoms with E-state index in [0.29, 0.717) is 17.9 Å². The summed E-state index contributed by atoms with van der Waals surface area (Å²) >= 11 is 0. The number of likely N-dealkylation sites (N-methyl/N-ethyl adjacent to an activating group) is 1. The Morgan fingerprint density at radius 2 is 2.26 bits per heavy atom. The molecule has 1 atom stereocenters. The van der Waals surface area contributed by atoms with Crippen molar-refractivity contribution in [2.75, 3.05) is 31.2 Å². The summed E-state index contributed by atoms with van der Waals surface area (Å²) < 4.78 is 0. The maximum atomic E-state index is 11.8. The van der Waals surface area contributed by atoms with Gasteiger partial charge in [-0.25, -0.2) is 0 Å². The summed E-state index contributed by atoms with van der Waals surface area (Å²) in [5.41, 5.74) is 8.11. The van der Waals surface area contributed by atoms with E-state index in [2.05, 4.69) is 11.4 Å². The van der Waals surface area contributed by atoms with Crippen LogP contribution in [-0.2, 0) is 4.79 Å². The minimum absolute atomic E-state index is 0.0900. The molecule has 0 aromatic heterocycles. The van der Waals surface area contributed by atoms with Crippen molar-refractivity contribution in [3.63, 3.8) is 0 Å². The van der Waals surface area contributed by atoms with Crippen molar-refractivity contribution in [1.82, 2.24) is 4.90 Å². The number of carbonyl (C=O) groups excluding carboxylic acids is 1. The number of nitrogens with two attached hydrogens (primary N) is 1. The van der Waals surface area contributed by atoms with Crippen LogP contribution in [0.5, 0.6) is 0 Å². The van der Waals surface area contributed by atoms with E-state index in [1.807, 2.05) is 37.9 Å². The number of hydrogen-bond donors (Lipinski definition) is 2. The van der Waals surface area contributed by atoms with Crippen LogP contribution in [0.2, 0.25) is 0 Å².